The maximum atomic E-state index is 12.4. The second-order valence-electron chi connectivity index (χ2n) is 6.08. The minimum Gasteiger partial charge on any atom is -0.480 e. The SMILES string of the molecule is CC(C)C1CCCN1C(=O)NC1(C(=O)O)CCOCC1. The highest BCUT2D eigenvalue weighted by molar-refractivity contribution is 5.86. The van der Waals surface area contributed by atoms with E-state index >= 15 is 0 Å². The third kappa shape index (κ3) is 2.90. The number of ether oxygens (including phenoxy) is 1. The van der Waals surface area contributed by atoms with Crippen LogP contribution in [0.1, 0.15) is 39.5 Å². The highest BCUT2D eigenvalue weighted by Gasteiger charge is 2.43. The minimum absolute atomic E-state index is 0.209. The van der Waals surface area contributed by atoms with Gasteiger partial charge in [0, 0.05) is 38.6 Å². The number of hydrogen-bond donors (Lipinski definition) is 2. The summed E-state index contributed by atoms with van der Waals surface area (Å²) in [7, 11) is 0. The van der Waals surface area contributed by atoms with Crippen molar-refractivity contribution in [2.45, 2.75) is 51.1 Å². The van der Waals surface area contributed by atoms with Crippen molar-refractivity contribution < 1.29 is 19.4 Å². The van der Waals surface area contributed by atoms with Gasteiger partial charge in [0.2, 0.25) is 0 Å². The molecule has 1 atom stereocenters. The predicted octanol–water partition coefficient (Wildman–Crippen LogP) is 1.45. The number of aliphatic carboxylic acids is 1. The van der Waals surface area contributed by atoms with Crippen LogP contribution in [0.3, 0.4) is 0 Å². The molecule has 2 saturated heterocycles. The van der Waals surface area contributed by atoms with Gasteiger partial charge in [-0.1, -0.05) is 13.8 Å². The van der Waals surface area contributed by atoms with Crippen LogP contribution in [-0.4, -0.2) is 53.3 Å². The Bertz CT molecular complexity index is 377. The van der Waals surface area contributed by atoms with E-state index in [2.05, 4.69) is 19.2 Å². The minimum atomic E-state index is -1.17. The summed E-state index contributed by atoms with van der Waals surface area (Å²) in [6.45, 7) is 5.65. The maximum Gasteiger partial charge on any atom is 0.329 e. The number of urea groups is 1. The standard InChI is InChI=1S/C14H24N2O4/c1-10(2)11-4-3-7-16(11)13(19)15-14(12(17)18)5-8-20-9-6-14/h10-11H,3-9H2,1-2H3,(H,15,19)(H,17,18). The van der Waals surface area contributed by atoms with Crippen LogP contribution in [0, 0.1) is 5.92 Å². The molecule has 6 nitrogen and oxygen atoms in total. The van der Waals surface area contributed by atoms with E-state index in [0.29, 0.717) is 38.5 Å². The van der Waals surface area contributed by atoms with Gasteiger partial charge in [0.25, 0.3) is 0 Å². The van der Waals surface area contributed by atoms with Crippen molar-refractivity contribution in [1.29, 1.82) is 0 Å². The van der Waals surface area contributed by atoms with E-state index in [1.54, 1.807) is 4.90 Å². The topological polar surface area (TPSA) is 78.9 Å². The van der Waals surface area contributed by atoms with Crippen molar-refractivity contribution in [2.75, 3.05) is 19.8 Å². The summed E-state index contributed by atoms with van der Waals surface area (Å²) in [5.74, 6) is -0.576. The number of carboxylic acid groups (broad SMARTS) is 1. The van der Waals surface area contributed by atoms with Crippen LogP contribution >= 0.6 is 0 Å². The van der Waals surface area contributed by atoms with E-state index in [0.717, 1.165) is 12.8 Å². The van der Waals surface area contributed by atoms with Crippen molar-refractivity contribution in [3.8, 4) is 0 Å². The number of carboxylic acids is 1. The van der Waals surface area contributed by atoms with Crippen LogP contribution in [0.2, 0.25) is 0 Å². The first kappa shape index (κ1) is 15.1. The smallest absolute Gasteiger partial charge is 0.329 e. The van der Waals surface area contributed by atoms with Crippen molar-refractivity contribution >= 4 is 12.0 Å². The van der Waals surface area contributed by atoms with Gasteiger partial charge < -0.3 is 20.1 Å². The highest BCUT2D eigenvalue weighted by Crippen LogP contribution is 2.26. The highest BCUT2D eigenvalue weighted by atomic mass is 16.5. The second-order valence-corrected chi connectivity index (χ2v) is 6.08. The first-order chi connectivity index (χ1) is 9.46. The molecule has 2 amide bonds. The largest absolute Gasteiger partial charge is 0.480 e. The average molecular weight is 284 g/mol. The van der Waals surface area contributed by atoms with Crippen molar-refractivity contribution in [1.82, 2.24) is 10.2 Å². The zero-order chi connectivity index (χ0) is 14.8. The normalized spacial score (nSPS) is 25.8. The third-order valence-electron chi connectivity index (χ3n) is 4.43. The second kappa shape index (κ2) is 5.99. The summed E-state index contributed by atoms with van der Waals surface area (Å²) < 4.78 is 5.21. The van der Waals surface area contributed by atoms with E-state index in [-0.39, 0.29) is 12.1 Å². The van der Waals surface area contributed by atoms with Gasteiger partial charge in [0.15, 0.2) is 0 Å². The van der Waals surface area contributed by atoms with Crippen molar-refractivity contribution in [3.63, 3.8) is 0 Å². The molecule has 6 heteroatoms. The number of rotatable bonds is 3. The molecule has 2 heterocycles. The molecule has 20 heavy (non-hydrogen) atoms. The molecule has 1 unspecified atom stereocenters. The Balaban J connectivity index is 2.07. The van der Waals surface area contributed by atoms with Crippen LogP contribution < -0.4 is 5.32 Å². The average Bonchev–Trinajstić information content (AvgIpc) is 2.89. The summed E-state index contributed by atoms with van der Waals surface area (Å²) in [5, 5.41) is 12.2. The van der Waals surface area contributed by atoms with Crippen LogP contribution in [0.4, 0.5) is 4.79 Å². The molecule has 2 aliphatic heterocycles. The summed E-state index contributed by atoms with van der Waals surface area (Å²) in [6.07, 6.45) is 2.64. The molecule has 2 rings (SSSR count). The summed E-state index contributed by atoms with van der Waals surface area (Å²) >= 11 is 0. The molecule has 2 aliphatic rings. The van der Waals surface area contributed by atoms with Crippen molar-refractivity contribution in [2.24, 2.45) is 5.92 Å². The van der Waals surface area contributed by atoms with Gasteiger partial charge in [-0.3, -0.25) is 0 Å². The molecule has 2 N–H and O–H groups in total. The van der Waals surface area contributed by atoms with Gasteiger partial charge in [0.1, 0.15) is 5.54 Å². The number of nitrogens with one attached hydrogen (secondary N) is 1. The molecular weight excluding hydrogens is 260 g/mol. The third-order valence-corrected chi connectivity index (χ3v) is 4.43. The van der Waals surface area contributed by atoms with Gasteiger partial charge in [-0.25, -0.2) is 9.59 Å². The first-order valence-electron chi connectivity index (χ1n) is 7.36. The van der Waals surface area contributed by atoms with Crippen LogP contribution in [0.5, 0.6) is 0 Å². The van der Waals surface area contributed by atoms with E-state index in [1.165, 1.54) is 0 Å². The lowest BCUT2D eigenvalue weighted by molar-refractivity contribution is -0.148. The molecule has 0 bridgehead atoms. The van der Waals surface area contributed by atoms with Gasteiger partial charge in [-0.05, 0) is 18.8 Å². The summed E-state index contributed by atoms with van der Waals surface area (Å²) in [6, 6.07) is -0.0359. The fourth-order valence-corrected chi connectivity index (χ4v) is 3.13. The fraction of sp³-hybridized carbons (Fsp3) is 0.857. The Labute approximate surface area is 119 Å². The van der Waals surface area contributed by atoms with Crippen LogP contribution in [0.15, 0.2) is 0 Å². The fourth-order valence-electron chi connectivity index (χ4n) is 3.13. The number of amides is 2. The zero-order valence-corrected chi connectivity index (χ0v) is 12.2. The van der Waals surface area contributed by atoms with Crippen LogP contribution in [-0.2, 0) is 9.53 Å². The lowest BCUT2D eigenvalue weighted by atomic mass is 9.90. The molecule has 0 aromatic rings. The molecule has 0 aromatic carbocycles. The molecular formula is C14H24N2O4. The molecule has 114 valence electrons. The number of nitrogens with zero attached hydrogens (tertiary/aromatic N) is 1. The van der Waals surface area contributed by atoms with Gasteiger partial charge in [-0.2, -0.15) is 0 Å². The molecule has 0 spiro atoms. The number of carbonyl (C=O) groups is 2. The quantitative estimate of drug-likeness (QED) is 0.822. The van der Waals surface area contributed by atoms with E-state index in [4.69, 9.17) is 4.74 Å². The van der Waals surface area contributed by atoms with Crippen LogP contribution in [0.25, 0.3) is 0 Å². The Morgan fingerprint density at radius 2 is 2.00 bits per heavy atom. The lowest BCUT2D eigenvalue weighted by Gasteiger charge is -2.37. The van der Waals surface area contributed by atoms with Gasteiger partial charge >= 0.3 is 12.0 Å². The number of carbonyl (C=O) groups excluding carboxylic acids is 1. The van der Waals surface area contributed by atoms with Crippen molar-refractivity contribution in [3.05, 3.63) is 0 Å². The Morgan fingerprint density at radius 1 is 1.35 bits per heavy atom. The van der Waals surface area contributed by atoms with E-state index < -0.39 is 11.5 Å². The number of likely N-dealkylation sites (tertiary alicyclic amines) is 1. The molecule has 0 saturated carbocycles. The molecule has 0 radical (unpaired) electrons. The maximum absolute atomic E-state index is 12.4. The van der Waals surface area contributed by atoms with E-state index in [1.807, 2.05) is 0 Å². The molecule has 0 aliphatic carbocycles. The first-order valence-corrected chi connectivity index (χ1v) is 7.36. The zero-order valence-electron chi connectivity index (χ0n) is 12.2. The predicted molar refractivity (Wildman–Crippen MR) is 73.5 cm³/mol. The summed E-state index contributed by atoms with van der Waals surface area (Å²) in [4.78, 5) is 25.8. The molecule has 2 fully saturated rings. The van der Waals surface area contributed by atoms with Gasteiger partial charge in [-0.15, -0.1) is 0 Å². The monoisotopic (exact) mass is 284 g/mol. The number of hydrogen-bond acceptors (Lipinski definition) is 3. The Morgan fingerprint density at radius 3 is 2.55 bits per heavy atom. The summed E-state index contributed by atoms with van der Waals surface area (Å²) in [5.41, 5.74) is -1.17. The Kier molecular flexibility index (Phi) is 4.52. The van der Waals surface area contributed by atoms with E-state index in [9.17, 15) is 14.7 Å². The lowest BCUT2D eigenvalue weighted by Crippen LogP contribution is -2.61. The van der Waals surface area contributed by atoms with Gasteiger partial charge in [0.05, 0.1) is 0 Å². The Hall–Kier alpha value is -1.30. The molecule has 0 aromatic heterocycles.